The van der Waals surface area contributed by atoms with Gasteiger partial charge < -0.3 is 16.0 Å². The number of nitrogens with one attached hydrogen (secondary N) is 3. The van der Waals surface area contributed by atoms with Crippen LogP contribution in [-0.4, -0.2) is 30.0 Å². The standard InChI is InChI=1S/C23H29ClN4O/c1-15(16-6-7-16)22(17-10-12-25-13-11-17)27-20-5-3-2-4-19(20)23(29)28-21-9-8-18(24)14-26-21/h2-5,8-9,14-17,22,25,27H,6-7,10-13H2,1H3,(H,26,28,29). The minimum absolute atomic E-state index is 0.161. The summed E-state index contributed by atoms with van der Waals surface area (Å²) < 4.78 is 0. The molecule has 2 aliphatic rings. The number of carbonyl (C=O) groups excluding carboxylic acids is 1. The Hall–Kier alpha value is -2.11. The number of pyridine rings is 1. The monoisotopic (exact) mass is 412 g/mol. The third kappa shape index (κ3) is 5.09. The molecule has 5 nitrogen and oxygen atoms in total. The molecule has 4 rings (SSSR count). The largest absolute Gasteiger partial charge is 0.381 e. The molecule has 2 fully saturated rings. The van der Waals surface area contributed by atoms with Crippen LogP contribution in [0.1, 0.15) is 43.0 Å². The van der Waals surface area contributed by atoms with E-state index in [2.05, 4.69) is 27.9 Å². The van der Waals surface area contributed by atoms with E-state index in [9.17, 15) is 4.79 Å². The number of aromatic nitrogens is 1. The zero-order chi connectivity index (χ0) is 20.2. The Kier molecular flexibility index (Phi) is 6.36. The molecule has 6 heteroatoms. The average molecular weight is 413 g/mol. The van der Waals surface area contributed by atoms with Gasteiger partial charge in [0.05, 0.1) is 10.6 Å². The first-order valence-electron chi connectivity index (χ1n) is 10.6. The lowest BCUT2D eigenvalue weighted by Crippen LogP contribution is -2.42. The van der Waals surface area contributed by atoms with Gasteiger partial charge in [0, 0.05) is 17.9 Å². The predicted molar refractivity (Wildman–Crippen MR) is 119 cm³/mol. The van der Waals surface area contributed by atoms with Crippen molar-refractivity contribution in [1.29, 1.82) is 0 Å². The summed E-state index contributed by atoms with van der Waals surface area (Å²) in [6.45, 7) is 4.52. The highest BCUT2D eigenvalue weighted by Gasteiger charge is 2.37. The second-order valence-electron chi connectivity index (χ2n) is 8.32. The van der Waals surface area contributed by atoms with Gasteiger partial charge in [-0.3, -0.25) is 4.79 Å². The van der Waals surface area contributed by atoms with E-state index in [1.165, 1.54) is 31.9 Å². The van der Waals surface area contributed by atoms with Crippen molar-refractivity contribution in [3.8, 4) is 0 Å². The van der Waals surface area contributed by atoms with Crippen LogP contribution in [0.5, 0.6) is 0 Å². The fourth-order valence-electron chi connectivity index (χ4n) is 4.42. The van der Waals surface area contributed by atoms with Gasteiger partial charge in [-0.05, 0) is 80.8 Å². The van der Waals surface area contributed by atoms with E-state index in [-0.39, 0.29) is 5.91 Å². The molecule has 2 heterocycles. The van der Waals surface area contributed by atoms with Gasteiger partial charge in [0.1, 0.15) is 5.82 Å². The van der Waals surface area contributed by atoms with E-state index in [4.69, 9.17) is 11.6 Å². The summed E-state index contributed by atoms with van der Waals surface area (Å²) in [6.07, 6.45) is 6.55. The number of rotatable bonds is 7. The Morgan fingerprint density at radius 2 is 1.86 bits per heavy atom. The number of benzene rings is 1. The number of halogens is 1. The van der Waals surface area contributed by atoms with Crippen LogP contribution in [0.25, 0.3) is 0 Å². The van der Waals surface area contributed by atoms with Gasteiger partial charge in [-0.1, -0.05) is 30.7 Å². The molecular weight excluding hydrogens is 384 g/mol. The summed E-state index contributed by atoms with van der Waals surface area (Å²) in [5.74, 6) is 2.37. The van der Waals surface area contributed by atoms with Crippen LogP contribution in [0, 0.1) is 17.8 Å². The Labute approximate surface area is 177 Å². The van der Waals surface area contributed by atoms with Gasteiger partial charge in [0.15, 0.2) is 0 Å². The van der Waals surface area contributed by atoms with Crippen molar-refractivity contribution in [3.05, 3.63) is 53.2 Å². The number of carbonyl (C=O) groups is 1. The van der Waals surface area contributed by atoms with Crippen LogP contribution in [0.4, 0.5) is 11.5 Å². The number of hydrogen-bond donors (Lipinski definition) is 3. The molecule has 154 valence electrons. The third-order valence-electron chi connectivity index (χ3n) is 6.29. The van der Waals surface area contributed by atoms with Crippen molar-refractivity contribution >= 4 is 29.0 Å². The Bertz CT molecular complexity index is 831. The summed E-state index contributed by atoms with van der Waals surface area (Å²) in [5.41, 5.74) is 1.54. The Morgan fingerprint density at radius 3 is 2.55 bits per heavy atom. The van der Waals surface area contributed by atoms with Crippen molar-refractivity contribution in [2.24, 2.45) is 17.8 Å². The van der Waals surface area contributed by atoms with Crippen molar-refractivity contribution in [2.45, 2.75) is 38.6 Å². The first-order valence-corrected chi connectivity index (χ1v) is 11.0. The molecule has 3 N–H and O–H groups in total. The zero-order valence-electron chi connectivity index (χ0n) is 16.8. The lowest BCUT2D eigenvalue weighted by molar-refractivity contribution is 0.102. The topological polar surface area (TPSA) is 66.0 Å². The minimum atomic E-state index is -0.161. The van der Waals surface area contributed by atoms with Gasteiger partial charge in [-0.2, -0.15) is 0 Å². The molecule has 2 unspecified atom stereocenters. The van der Waals surface area contributed by atoms with Crippen LogP contribution < -0.4 is 16.0 Å². The van der Waals surface area contributed by atoms with Gasteiger partial charge >= 0.3 is 0 Å². The van der Waals surface area contributed by atoms with Crippen LogP contribution in [0.15, 0.2) is 42.6 Å². The molecule has 1 aromatic heterocycles. The highest BCUT2D eigenvalue weighted by atomic mass is 35.5. The normalized spacial score (nSPS) is 19.4. The second kappa shape index (κ2) is 9.14. The van der Waals surface area contributed by atoms with E-state index in [1.54, 1.807) is 12.1 Å². The summed E-state index contributed by atoms with van der Waals surface area (Å²) in [7, 11) is 0. The Morgan fingerprint density at radius 1 is 1.10 bits per heavy atom. The van der Waals surface area contributed by atoms with E-state index >= 15 is 0 Å². The van der Waals surface area contributed by atoms with Gasteiger partial charge in [-0.25, -0.2) is 4.98 Å². The van der Waals surface area contributed by atoms with Crippen LogP contribution >= 0.6 is 11.6 Å². The van der Waals surface area contributed by atoms with E-state index < -0.39 is 0 Å². The summed E-state index contributed by atoms with van der Waals surface area (Å²) >= 11 is 5.89. The maximum Gasteiger partial charge on any atom is 0.258 e. The minimum Gasteiger partial charge on any atom is -0.381 e. The zero-order valence-corrected chi connectivity index (χ0v) is 17.6. The van der Waals surface area contributed by atoms with Crippen LogP contribution in [-0.2, 0) is 0 Å². The molecule has 1 aromatic carbocycles. The van der Waals surface area contributed by atoms with Crippen molar-refractivity contribution in [2.75, 3.05) is 23.7 Å². The maximum atomic E-state index is 13.0. The molecule has 0 spiro atoms. The second-order valence-corrected chi connectivity index (χ2v) is 8.75. The lowest BCUT2D eigenvalue weighted by atomic mass is 9.81. The smallest absolute Gasteiger partial charge is 0.258 e. The lowest BCUT2D eigenvalue weighted by Gasteiger charge is -2.36. The first-order chi connectivity index (χ1) is 14.1. The first kappa shape index (κ1) is 20.2. The van der Waals surface area contributed by atoms with E-state index in [0.717, 1.165) is 24.7 Å². The number of piperidine rings is 1. The molecule has 2 atom stereocenters. The van der Waals surface area contributed by atoms with Gasteiger partial charge in [-0.15, -0.1) is 0 Å². The quantitative estimate of drug-likeness (QED) is 0.610. The third-order valence-corrected chi connectivity index (χ3v) is 6.51. The molecule has 1 aliphatic carbocycles. The fraction of sp³-hybridized carbons (Fsp3) is 0.478. The average Bonchev–Trinajstić information content (AvgIpc) is 3.59. The predicted octanol–water partition coefficient (Wildman–Crippen LogP) is 4.81. The molecule has 1 amide bonds. The number of para-hydroxylation sites is 1. The van der Waals surface area contributed by atoms with Gasteiger partial charge in [0.25, 0.3) is 5.91 Å². The van der Waals surface area contributed by atoms with E-state index in [1.807, 2.05) is 24.3 Å². The highest BCUT2D eigenvalue weighted by Crippen LogP contribution is 2.42. The number of amides is 1. The fourth-order valence-corrected chi connectivity index (χ4v) is 4.53. The van der Waals surface area contributed by atoms with E-state index in [0.29, 0.717) is 34.3 Å². The number of nitrogens with zero attached hydrogens (tertiary/aromatic N) is 1. The highest BCUT2D eigenvalue weighted by molar-refractivity contribution is 6.30. The summed E-state index contributed by atoms with van der Waals surface area (Å²) in [5, 5.41) is 10.7. The van der Waals surface area contributed by atoms with Crippen LogP contribution in [0.3, 0.4) is 0 Å². The molecule has 0 radical (unpaired) electrons. The molecule has 29 heavy (non-hydrogen) atoms. The molecule has 1 aliphatic heterocycles. The van der Waals surface area contributed by atoms with Crippen molar-refractivity contribution in [3.63, 3.8) is 0 Å². The van der Waals surface area contributed by atoms with Crippen molar-refractivity contribution < 1.29 is 4.79 Å². The SMILES string of the molecule is CC(C1CC1)C(Nc1ccccc1C(=O)Nc1ccc(Cl)cn1)C1CCNCC1. The molecule has 2 aromatic rings. The van der Waals surface area contributed by atoms with Crippen molar-refractivity contribution in [1.82, 2.24) is 10.3 Å². The maximum absolute atomic E-state index is 13.0. The molecule has 0 bridgehead atoms. The molecular formula is C23H29ClN4O. The summed E-state index contributed by atoms with van der Waals surface area (Å²) in [4.78, 5) is 17.1. The molecule has 1 saturated heterocycles. The summed E-state index contributed by atoms with van der Waals surface area (Å²) in [6, 6.07) is 11.6. The number of hydrogen-bond acceptors (Lipinski definition) is 4. The van der Waals surface area contributed by atoms with Gasteiger partial charge in [0.2, 0.25) is 0 Å². The molecule has 1 saturated carbocycles. The Balaban J connectivity index is 1.53. The van der Waals surface area contributed by atoms with Crippen LogP contribution in [0.2, 0.25) is 5.02 Å². The number of anilines is 2.